The molecule has 4 N–H and O–H groups in total. The fourth-order valence-corrected chi connectivity index (χ4v) is 5.50. The van der Waals surface area contributed by atoms with Gasteiger partial charge in [0, 0.05) is 21.4 Å². The number of aromatic nitrogens is 3. The van der Waals surface area contributed by atoms with Crippen molar-refractivity contribution in [1.29, 1.82) is 0 Å². The zero-order valence-electron chi connectivity index (χ0n) is 25.6. The summed E-state index contributed by atoms with van der Waals surface area (Å²) in [6.07, 6.45) is 1.35. The Bertz CT molecular complexity index is 2570. The number of fused-ring (bicyclic) bond motifs is 3. The normalized spacial score (nSPS) is 11.2. The Morgan fingerprint density at radius 2 is 1.43 bits per heavy atom. The number of para-hydroxylation sites is 2. The van der Waals surface area contributed by atoms with Crippen LogP contribution in [0.25, 0.3) is 33.1 Å². The molecule has 0 saturated carbocycles. The van der Waals surface area contributed by atoms with Gasteiger partial charge in [-0.3, -0.25) is 39.2 Å². The maximum absolute atomic E-state index is 13.5. The Morgan fingerprint density at radius 3 is 2.06 bits per heavy atom. The number of carbonyl (C=O) groups is 4. The van der Waals surface area contributed by atoms with Gasteiger partial charge in [-0.05, 0) is 59.1 Å². The van der Waals surface area contributed by atoms with E-state index in [1.807, 2.05) is 0 Å². The Labute approximate surface area is 281 Å². The van der Waals surface area contributed by atoms with Gasteiger partial charge < -0.3 is 8.83 Å². The second-order valence-corrected chi connectivity index (χ2v) is 11.8. The van der Waals surface area contributed by atoms with Crippen molar-refractivity contribution in [1.82, 2.24) is 30.0 Å². The number of aryl methyl sites for hydroxylation is 2. The lowest BCUT2D eigenvalue weighted by Crippen LogP contribution is -2.47. The van der Waals surface area contributed by atoms with Crippen molar-refractivity contribution in [2.45, 2.75) is 26.9 Å². The molecule has 0 aliphatic heterocycles. The number of nitrogens with one attached hydrogen (secondary N) is 2. The number of benzene rings is 2. The number of hydrogen-bond donors (Lipinski definition) is 3. The van der Waals surface area contributed by atoms with Gasteiger partial charge in [0.15, 0.2) is 5.65 Å². The minimum absolute atomic E-state index is 0.0199. The summed E-state index contributed by atoms with van der Waals surface area (Å²) in [5.41, 5.74) is 2.60. The third-order valence-electron chi connectivity index (χ3n) is 7.61. The molecule has 49 heavy (non-hydrogen) atoms. The molecule has 4 amide bonds. The van der Waals surface area contributed by atoms with Gasteiger partial charge in [-0.25, -0.2) is 30.2 Å². The van der Waals surface area contributed by atoms with Gasteiger partial charge in [0.05, 0.1) is 5.52 Å². The minimum atomic E-state index is -1.16. The fraction of sp³-hybridized carbons (Fsp3) is 0.125. The zero-order chi connectivity index (χ0) is 35.1. The Morgan fingerprint density at radius 1 is 0.837 bits per heavy atom. The van der Waals surface area contributed by atoms with E-state index in [0.717, 1.165) is 9.13 Å². The van der Waals surface area contributed by atoms with Crippen molar-refractivity contribution in [2.24, 2.45) is 5.84 Å². The average molecular weight is 730 g/mol. The molecule has 0 spiro atoms. The number of rotatable bonds is 6. The lowest BCUT2D eigenvalue weighted by molar-refractivity contribution is -0.129. The van der Waals surface area contributed by atoms with E-state index in [9.17, 15) is 33.6 Å². The summed E-state index contributed by atoms with van der Waals surface area (Å²) in [7, 11) is 0. The molecule has 4 aromatic heterocycles. The molecule has 0 aliphatic carbocycles. The molecule has 0 unspecified atom stereocenters. The SMILES string of the molecule is Cc1cccc2cc(C(=O)NNC(=O)Cn3c(=O)n(CC(=O)N(N)C(=O)c4cc5cccc(C)c5oc4=O)c4cc(Br)cnc43)c(=O)oc12. The van der Waals surface area contributed by atoms with E-state index in [1.165, 1.54) is 24.4 Å². The van der Waals surface area contributed by atoms with Crippen LogP contribution in [-0.4, -0.2) is 42.8 Å². The minimum Gasteiger partial charge on any atom is -0.422 e. The number of nitrogens with zero attached hydrogens (tertiary/aromatic N) is 4. The third kappa shape index (κ3) is 6.15. The summed E-state index contributed by atoms with van der Waals surface area (Å²) in [6.45, 7) is 2.00. The molecule has 4 heterocycles. The Kier molecular flexibility index (Phi) is 8.53. The number of carbonyl (C=O) groups excluding carboxylic acids is 4. The highest BCUT2D eigenvalue weighted by atomic mass is 79.9. The molecule has 17 heteroatoms. The molecule has 6 rings (SSSR count). The van der Waals surface area contributed by atoms with Gasteiger partial charge in [0.25, 0.3) is 23.6 Å². The highest BCUT2D eigenvalue weighted by Crippen LogP contribution is 2.20. The number of hydrogen-bond acceptors (Lipinski definition) is 11. The van der Waals surface area contributed by atoms with Crippen molar-refractivity contribution in [2.75, 3.05) is 0 Å². The standard InChI is InChI=1S/C32H24BrN7O9/c1-15-5-3-7-17-9-20(30(45)48-25(15)17)28(43)37-36-23(41)13-39-27-22(11-19(33)12-35-27)38(32(39)47)14-24(42)40(34)29(44)21-10-18-8-4-6-16(2)26(18)49-31(21)46/h3-12H,13-14,34H2,1-2H3,(H,36,41)(H,37,43). The molecule has 0 fully saturated rings. The van der Waals surface area contributed by atoms with Crippen molar-refractivity contribution in [3.05, 3.63) is 119 Å². The van der Waals surface area contributed by atoms with Crippen LogP contribution in [0.5, 0.6) is 0 Å². The van der Waals surface area contributed by atoms with Gasteiger partial charge in [-0.2, -0.15) is 0 Å². The molecular weight excluding hydrogens is 706 g/mol. The molecule has 6 aromatic rings. The van der Waals surface area contributed by atoms with E-state index >= 15 is 0 Å². The number of hydrazine groups is 2. The smallest absolute Gasteiger partial charge is 0.349 e. The third-order valence-corrected chi connectivity index (χ3v) is 8.04. The lowest BCUT2D eigenvalue weighted by atomic mass is 10.1. The van der Waals surface area contributed by atoms with Crippen molar-refractivity contribution in [3.63, 3.8) is 0 Å². The van der Waals surface area contributed by atoms with Crippen LogP contribution < -0.4 is 33.6 Å². The monoisotopic (exact) mass is 729 g/mol. The van der Waals surface area contributed by atoms with Gasteiger partial charge in [0.1, 0.15) is 35.4 Å². The first-order valence-corrected chi connectivity index (χ1v) is 15.2. The van der Waals surface area contributed by atoms with Crippen LogP contribution in [0.1, 0.15) is 31.8 Å². The van der Waals surface area contributed by atoms with Crippen LogP contribution in [0.15, 0.2) is 88.5 Å². The first-order valence-electron chi connectivity index (χ1n) is 14.4. The first kappa shape index (κ1) is 32.7. The second kappa shape index (κ2) is 12.8. The van der Waals surface area contributed by atoms with Crippen LogP contribution >= 0.6 is 15.9 Å². The number of nitrogens with two attached hydrogens (primary N) is 1. The topological polar surface area (TPSA) is 222 Å². The van der Waals surface area contributed by atoms with Crippen LogP contribution in [0.4, 0.5) is 0 Å². The van der Waals surface area contributed by atoms with E-state index in [-0.39, 0.29) is 27.3 Å². The zero-order valence-corrected chi connectivity index (χ0v) is 27.2. The molecule has 0 saturated heterocycles. The van der Waals surface area contributed by atoms with Gasteiger partial charge in [-0.1, -0.05) is 36.4 Å². The van der Waals surface area contributed by atoms with Gasteiger partial charge >= 0.3 is 16.9 Å². The predicted molar refractivity (Wildman–Crippen MR) is 177 cm³/mol. The highest BCUT2D eigenvalue weighted by molar-refractivity contribution is 9.10. The molecule has 0 bridgehead atoms. The number of imide groups is 1. The molecule has 248 valence electrons. The van der Waals surface area contributed by atoms with Gasteiger partial charge in [0.2, 0.25) is 0 Å². The summed E-state index contributed by atoms with van der Waals surface area (Å²) in [5.74, 6) is 1.75. The van der Waals surface area contributed by atoms with Crippen LogP contribution in [0.2, 0.25) is 0 Å². The van der Waals surface area contributed by atoms with E-state index < -0.39 is 59.2 Å². The number of imidazole rings is 1. The highest BCUT2D eigenvalue weighted by Gasteiger charge is 2.27. The lowest BCUT2D eigenvalue weighted by Gasteiger charge is -2.15. The van der Waals surface area contributed by atoms with Crippen molar-refractivity contribution >= 4 is 72.7 Å². The number of halogens is 1. The van der Waals surface area contributed by atoms with Gasteiger partial charge in [-0.15, -0.1) is 0 Å². The Hall–Kier alpha value is -6.20. The number of amides is 4. The average Bonchev–Trinajstić information content (AvgIpc) is 3.31. The summed E-state index contributed by atoms with van der Waals surface area (Å²) in [5, 5.41) is 1.13. The number of pyridine rings is 1. The second-order valence-electron chi connectivity index (χ2n) is 10.9. The summed E-state index contributed by atoms with van der Waals surface area (Å²) >= 11 is 3.25. The maximum atomic E-state index is 13.5. The van der Waals surface area contributed by atoms with Crippen molar-refractivity contribution < 1.29 is 28.0 Å². The molecular formula is C32H24BrN7O9. The molecule has 16 nitrogen and oxygen atoms in total. The van der Waals surface area contributed by atoms with E-state index in [1.54, 1.807) is 50.2 Å². The molecule has 0 aliphatic rings. The Balaban J connectivity index is 1.21. The fourth-order valence-electron chi connectivity index (χ4n) is 5.18. The van der Waals surface area contributed by atoms with Crippen LogP contribution in [0.3, 0.4) is 0 Å². The largest absolute Gasteiger partial charge is 0.422 e. The van der Waals surface area contributed by atoms with Crippen molar-refractivity contribution in [3.8, 4) is 0 Å². The van der Waals surface area contributed by atoms with E-state index in [0.29, 0.717) is 32.0 Å². The van der Waals surface area contributed by atoms with Crippen LogP contribution in [-0.2, 0) is 22.7 Å². The maximum Gasteiger partial charge on any atom is 0.349 e. The summed E-state index contributed by atoms with van der Waals surface area (Å²) < 4.78 is 12.8. The quantitative estimate of drug-likeness (QED) is 0.0970. The molecule has 2 aromatic carbocycles. The summed E-state index contributed by atoms with van der Waals surface area (Å²) in [6, 6.07) is 14.2. The predicted octanol–water partition coefficient (Wildman–Crippen LogP) is 1.79. The summed E-state index contributed by atoms with van der Waals surface area (Å²) in [4.78, 5) is 94.6. The van der Waals surface area contributed by atoms with Crippen LogP contribution in [0, 0.1) is 13.8 Å². The molecule has 0 atom stereocenters. The first-order chi connectivity index (χ1) is 23.3. The van der Waals surface area contributed by atoms with E-state index in [2.05, 4.69) is 31.8 Å². The molecule has 0 radical (unpaired) electrons. The van der Waals surface area contributed by atoms with E-state index in [4.69, 9.17) is 14.7 Å².